The SMILES string of the molecule is CCCCC/C=C/C(=O)N(CCCNC(=O)OC(C)(C)C)OC(=O)c1ccccc1. The van der Waals surface area contributed by atoms with Gasteiger partial charge in [0.2, 0.25) is 0 Å². The standard InChI is InChI=1S/C23H34N2O5/c1-5-6-7-8-12-16-20(26)25(30-21(27)19-14-10-9-11-15-19)18-13-17-24-22(28)29-23(2,3)4/h9-12,14-16H,5-8,13,17-18H2,1-4H3,(H,24,28)/b16-12+. The molecule has 7 heteroatoms. The predicted molar refractivity (Wildman–Crippen MR) is 116 cm³/mol. The second-order valence-electron chi connectivity index (χ2n) is 7.87. The van der Waals surface area contributed by atoms with Crippen LogP contribution in [0.25, 0.3) is 0 Å². The lowest BCUT2D eigenvalue weighted by atomic mass is 10.2. The van der Waals surface area contributed by atoms with Gasteiger partial charge >= 0.3 is 12.1 Å². The van der Waals surface area contributed by atoms with Crippen LogP contribution in [0.1, 0.15) is 70.2 Å². The zero-order valence-electron chi connectivity index (χ0n) is 18.5. The Bertz CT molecular complexity index is 695. The minimum absolute atomic E-state index is 0.145. The van der Waals surface area contributed by atoms with Crippen LogP contribution in [0, 0.1) is 0 Å². The normalized spacial score (nSPS) is 11.2. The Morgan fingerprint density at radius 3 is 2.40 bits per heavy atom. The molecule has 0 bridgehead atoms. The van der Waals surface area contributed by atoms with E-state index in [1.165, 1.54) is 6.08 Å². The Hall–Kier alpha value is -2.83. The van der Waals surface area contributed by atoms with Gasteiger partial charge in [-0.1, -0.05) is 44.0 Å². The third-order valence-electron chi connectivity index (χ3n) is 3.89. The number of hydrogen-bond donors (Lipinski definition) is 1. The summed E-state index contributed by atoms with van der Waals surface area (Å²) in [6, 6.07) is 8.48. The van der Waals surface area contributed by atoms with Crippen LogP contribution in [0.2, 0.25) is 0 Å². The van der Waals surface area contributed by atoms with E-state index in [0.717, 1.165) is 30.7 Å². The largest absolute Gasteiger partial charge is 0.444 e. The highest BCUT2D eigenvalue weighted by Gasteiger charge is 2.19. The first-order valence-electron chi connectivity index (χ1n) is 10.4. The number of ether oxygens (including phenoxy) is 1. The first kappa shape index (κ1) is 25.2. The molecular weight excluding hydrogens is 384 g/mol. The van der Waals surface area contributed by atoms with Gasteiger partial charge in [0.25, 0.3) is 5.91 Å². The van der Waals surface area contributed by atoms with Crippen molar-refractivity contribution in [1.29, 1.82) is 0 Å². The van der Waals surface area contributed by atoms with Crippen molar-refractivity contribution in [1.82, 2.24) is 10.4 Å². The lowest BCUT2D eigenvalue weighted by Gasteiger charge is -2.21. The minimum atomic E-state index is -0.608. The Labute approximate surface area is 179 Å². The monoisotopic (exact) mass is 418 g/mol. The van der Waals surface area contributed by atoms with Crippen molar-refractivity contribution in [2.75, 3.05) is 13.1 Å². The molecule has 0 aliphatic heterocycles. The summed E-state index contributed by atoms with van der Waals surface area (Å²) < 4.78 is 5.17. The maximum Gasteiger partial charge on any atom is 0.407 e. The summed E-state index contributed by atoms with van der Waals surface area (Å²) in [6.07, 6.45) is 7.09. The van der Waals surface area contributed by atoms with Crippen LogP contribution in [0.15, 0.2) is 42.5 Å². The summed E-state index contributed by atoms with van der Waals surface area (Å²) >= 11 is 0. The van der Waals surface area contributed by atoms with Crippen LogP contribution in [0.4, 0.5) is 4.79 Å². The molecule has 0 heterocycles. The van der Waals surface area contributed by atoms with Crippen LogP contribution in [-0.4, -0.2) is 41.7 Å². The van der Waals surface area contributed by atoms with E-state index in [0.29, 0.717) is 12.0 Å². The van der Waals surface area contributed by atoms with Gasteiger partial charge < -0.3 is 14.9 Å². The predicted octanol–water partition coefficient (Wildman–Crippen LogP) is 4.64. The molecule has 0 atom stereocenters. The number of amides is 2. The quantitative estimate of drug-likeness (QED) is 0.340. The second-order valence-corrected chi connectivity index (χ2v) is 7.87. The summed E-state index contributed by atoms with van der Waals surface area (Å²) in [6.45, 7) is 7.88. The number of allylic oxidation sites excluding steroid dienone is 1. The Morgan fingerprint density at radius 1 is 1.07 bits per heavy atom. The number of unbranched alkanes of at least 4 members (excludes halogenated alkanes) is 3. The molecule has 0 aliphatic rings. The van der Waals surface area contributed by atoms with Gasteiger partial charge in [-0.15, -0.1) is 0 Å². The first-order valence-corrected chi connectivity index (χ1v) is 10.4. The maximum atomic E-state index is 12.5. The number of hydroxylamine groups is 2. The van der Waals surface area contributed by atoms with Gasteiger partial charge in [-0.2, -0.15) is 5.06 Å². The van der Waals surface area contributed by atoms with Gasteiger partial charge in [0.1, 0.15) is 5.60 Å². The maximum absolute atomic E-state index is 12.5. The molecule has 0 aliphatic carbocycles. The molecule has 0 radical (unpaired) electrons. The molecule has 0 saturated heterocycles. The number of carbonyl (C=O) groups excluding carboxylic acids is 3. The van der Waals surface area contributed by atoms with E-state index in [1.54, 1.807) is 57.2 Å². The minimum Gasteiger partial charge on any atom is -0.444 e. The van der Waals surface area contributed by atoms with Crippen LogP contribution < -0.4 is 5.32 Å². The number of rotatable bonds is 10. The van der Waals surface area contributed by atoms with E-state index < -0.39 is 23.6 Å². The average molecular weight is 419 g/mol. The molecule has 0 unspecified atom stereocenters. The summed E-state index contributed by atoms with van der Waals surface area (Å²) in [5, 5.41) is 3.66. The lowest BCUT2D eigenvalue weighted by molar-refractivity contribution is -0.161. The first-order chi connectivity index (χ1) is 14.2. The fourth-order valence-electron chi connectivity index (χ4n) is 2.43. The van der Waals surface area contributed by atoms with Gasteiger partial charge in [0.05, 0.1) is 12.1 Å². The van der Waals surface area contributed by atoms with Gasteiger partial charge in [0, 0.05) is 12.6 Å². The highest BCUT2D eigenvalue weighted by Crippen LogP contribution is 2.08. The molecule has 1 N–H and O–H groups in total. The van der Waals surface area contributed by atoms with E-state index in [-0.39, 0.29) is 13.1 Å². The lowest BCUT2D eigenvalue weighted by Crippen LogP contribution is -2.37. The molecule has 1 aromatic carbocycles. The Morgan fingerprint density at radius 2 is 1.77 bits per heavy atom. The number of carbonyl (C=O) groups is 3. The molecule has 0 fully saturated rings. The third kappa shape index (κ3) is 11.2. The van der Waals surface area contributed by atoms with Gasteiger partial charge in [-0.25, -0.2) is 9.59 Å². The molecule has 2 amide bonds. The summed E-state index contributed by atoms with van der Waals surface area (Å²) in [5.74, 6) is -1.02. The third-order valence-corrected chi connectivity index (χ3v) is 3.89. The van der Waals surface area contributed by atoms with Crippen LogP contribution in [0.3, 0.4) is 0 Å². The van der Waals surface area contributed by atoms with E-state index in [2.05, 4.69) is 12.2 Å². The highest BCUT2D eigenvalue weighted by atomic mass is 16.7. The zero-order chi connectivity index (χ0) is 22.4. The average Bonchev–Trinajstić information content (AvgIpc) is 2.69. The van der Waals surface area contributed by atoms with Crippen molar-refractivity contribution in [2.24, 2.45) is 0 Å². The fourth-order valence-corrected chi connectivity index (χ4v) is 2.43. The Kier molecular flexibility index (Phi) is 11.3. The summed E-state index contributed by atoms with van der Waals surface area (Å²) in [5.41, 5.74) is -0.228. The van der Waals surface area contributed by atoms with Crippen molar-refractivity contribution in [3.05, 3.63) is 48.0 Å². The molecule has 166 valence electrons. The van der Waals surface area contributed by atoms with Crippen molar-refractivity contribution >= 4 is 18.0 Å². The fraction of sp³-hybridized carbons (Fsp3) is 0.522. The number of nitrogens with zero attached hydrogens (tertiary/aromatic N) is 1. The second kappa shape index (κ2) is 13.4. The van der Waals surface area contributed by atoms with E-state index >= 15 is 0 Å². The van der Waals surface area contributed by atoms with Gasteiger partial charge in [-0.05, 0) is 52.2 Å². The molecule has 1 aromatic rings. The van der Waals surface area contributed by atoms with Crippen LogP contribution >= 0.6 is 0 Å². The molecule has 0 aromatic heterocycles. The number of hydrogen-bond acceptors (Lipinski definition) is 5. The molecule has 0 saturated carbocycles. The van der Waals surface area contributed by atoms with Crippen molar-refractivity contribution < 1.29 is 24.0 Å². The van der Waals surface area contributed by atoms with Gasteiger partial charge in [0.15, 0.2) is 0 Å². The van der Waals surface area contributed by atoms with E-state index in [4.69, 9.17) is 9.57 Å². The number of benzene rings is 1. The van der Waals surface area contributed by atoms with Crippen LogP contribution in [-0.2, 0) is 14.4 Å². The smallest absolute Gasteiger partial charge is 0.407 e. The zero-order valence-corrected chi connectivity index (χ0v) is 18.5. The summed E-state index contributed by atoms with van der Waals surface area (Å²) in [4.78, 5) is 41.9. The van der Waals surface area contributed by atoms with Crippen LogP contribution in [0.5, 0.6) is 0 Å². The Balaban J connectivity index is 2.62. The molecular formula is C23H34N2O5. The van der Waals surface area contributed by atoms with Crippen molar-refractivity contribution in [3.63, 3.8) is 0 Å². The van der Waals surface area contributed by atoms with E-state index in [9.17, 15) is 14.4 Å². The topological polar surface area (TPSA) is 84.9 Å². The molecule has 30 heavy (non-hydrogen) atoms. The summed E-state index contributed by atoms with van der Waals surface area (Å²) in [7, 11) is 0. The number of nitrogens with one attached hydrogen (secondary N) is 1. The number of alkyl carbamates (subject to hydrolysis) is 1. The van der Waals surface area contributed by atoms with E-state index in [1.807, 2.05) is 0 Å². The van der Waals surface area contributed by atoms with Crippen molar-refractivity contribution in [3.8, 4) is 0 Å². The van der Waals surface area contributed by atoms with Crippen molar-refractivity contribution in [2.45, 2.75) is 65.4 Å². The molecule has 7 nitrogen and oxygen atoms in total. The molecule has 0 spiro atoms. The van der Waals surface area contributed by atoms with Gasteiger partial charge in [-0.3, -0.25) is 4.79 Å². The molecule has 1 rings (SSSR count). The highest BCUT2D eigenvalue weighted by molar-refractivity contribution is 5.92.